The van der Waals surface area contributed by atoms with Crippen LogP contribution in [0.1, 0.15) is 17.4 Å². The fourth-order valence-electron chi connectivity index (χ4n) is 1.53. The second-order valence-corrected chi connectivity index (χ2v) is 3.31. The van der Waals surface area contributed by atoms with Crippen molar-refractivity contribution in [1.29, 1.82) is 0 Å². The molecular weight excluding hydrogens is 206 g/mol. The van der Waals surface area contributed by atoms with Crippen LogP contribution in [-0.4, -0.2) is 26.4 Å². The van der Waals surface area contributed by atoms with Crippen molar-refractivity contribution in [2.45, 2.75) is 13.5 Å². The molecule has 0 radical (unpaired) electrons. The van der Waals surface area contributed by atoms with Crippen molar-refractivity contribution < 1.29 is 9.90 Å². The molecule has 0 bridgehead atoms. The minimum atomic E-state index is 0.139. The quantitative estimate of drug-likeness (QED) is 0.791. The number of carbonyl (C=O) groups is 1. The Morgan fingerprint density at radius 1 is 1.50 bits per heavy atom. The van der Waals surface area contributed by atoms with E-state index in [1.807, 2.05) is 6.92 Å². The molecule has 0 atom stereocenters. The number of hydrogen-bond donors (Lipinski definition) is 1. The first-order valence-corrected chi connectivity index (χ1v) is 4.94. The normalized spacial score (nSPS) is 10.3. The maximum absolute atomic E-state index is 11.0. The molecule has 1 aromatic heterocycles. The van der Waals surface area contributed by atoms with Gasteiger partial charge in [0.25, 0.3) is 0 Å². The topological polar surface area (TPSA) is 68.0 Å². The van der Waals surface area contributed by atoms with Crippen molar-refractivity contribution in [2.24, 2.45) is 0 Å². The molecule has 1 heterocycles. The van der Waals surface area contributed by atoms with E-state index >= 15 is 0 Å². The highest BCUT2D eigenvalue weighted by molar-refractivity contribution is 5.83. The monoisotopic (exact) mass is 217 g/mol. The lowest BCUT2D eigenvalue weighted by atomic mass is 10.1. The number of phenolic OH excluding ortho intramolecular Hbond substituents is 1. The van der Waals surface area contributed by atoms with Gasteiger partial charge in [0.05, 0.1) is 0 Å². The van der Waals surface area contributed by atoms with Crippen LogP contribution in [0, 0.1) is 0 Å². The van der Waals surface area contributed by atoms with Crippen LogP contribution in [-0.2, 0) is 6.54 Å². The Bertz CT molecular complexity index is 520. The predicted octanol–water partition coefficient (Wildman–Crippen LogP) is 1.48. The number of aryl methyl sites for hydroxylation is 1. The zero-order valence-electron chi connectivity index (χ0n) is 8.79. The summed E-state index contributed by atoms with van der Waals surface area (Å²) in [6.07, 6.45) is 0.725. The molecule has 5 heteroatoms. The standard InChI is InChI=1S/C11H11N3O2/c1-2-14-10(7-15)11(12-13-14)8-4-3-5-9(16)6-8/h3-7,16H,2H2,1H3. The third kappa shape index (κ3) is 1.67. The lowest BCUT2D eigenvalue weighted by Crippen LogP contribution is -2.01. The van der Waals surface area contributed by atoms with E-state index in [-0.39, 0.29) is 5.75 Å². The van der Waals surface area contributed by atoms with Crippen molar-refractivity contribution in [3.05, 3.63) is 30.0 Å². The van der Waals surface area contributed by atoms with Gasteiger partial charge in [0, 0.05) is 12.1 Å². The number of rotatable bonds is 3. The average Bonchev–Trinajstić information content (AvgIpc) is 2.71. The summed E-state index contributed by atoms with van der Waals surface area (Å²) in [5.74, 6) is 0.139. The summed E-state index contributed by atoms with van der Waals surface area (Å²) in [4.78, 5) is 11.0. The number of aromatic hydroxyl groups is 1. The Kier molecular flexibility index (Phi) is 2.68. The van der Waals surface area contributed by atoms with Crippen molar-refractivity contribution >= 4 is 6.29 Å². The van der Waals surface area contributed by atoms with Crippen molar-refractivity contribution in [3.8, 4) is 17.0 Å². The summed E-state index contributed by atoms with van der Waals surface area (Å²) in [5, 5.41) is 17.2. The molecule has 0 aliphatic heterocycles. The van der Waals surface area contributed by atoms with Crippen molar-refractivity contribution in [1.82, 2.24) is 15.0 Å². The lowest BCUT2D eigenvalue weighted by molar-refractivity contribution is 0.111. The minimum absolute atomic E-state index is 0.139. The molecule has 1 N–H and O–H groups in total. The number of hydrogen-bond acceptors (Lipinski definition) is 4. The number of nitrogens with zero attached hydrogens (tertiary/aromatic N) is 3. The lowest BCUT2D eigenvalue weighted by Gasteiger charge is -1.99. The van der Waals surface area contributed by atoms with Gasteiger partial charge < -0.3 is 5.11 Å². The van der Waals surface area contributed by atoms with Crippen LogP contribution in [0.4, 0.5) is 0 Å². The summed E-state index contributed by atoms with van der Waals surface area (Å²) in [6, 6.07) is 6.59. The maximum Gasteiger partial charge on any atom is 0.170 e. The van der Waals surface area contributed by atoms with Crippen LogP contribution in [0.5, 0.6) is 5.75 Å². The highest BCUT2D eigenvalue weighted by Gasteiger charge is 2.13. The van der Waals surface area contributed by atoms with Crippen molar-refractivity contribution in [2.75, 3.05) is 0 Å². The van der Waals surface area contributed by atoms with E-state index in [0.717, 1.165) is 6.29 Å². The van der Waals surface area contributed by atoms with E-state index in [4.69, 9.17) is 0 Å². The predicted molar refractivity (Wildman–Crippen MR) is 58.2 cm³/mol. The molecule has 0 saturated carbocycles. The number of benzene rings is 1. The van der Waals surface area contributed by atoms with Gasteiger partial charge >= 0.3 is 0 Å². The number of phenols is 1. The Hall–Kier alpha value is -2.17. The van der Waals surface area contributed by atoms with Crippen LogP contribution < -0.4 is 0 Å². The molecule has 16 heavy (non-hydrogen) atoms. The SMILES string of the molecule is CCn1nnc(-c2cccc(O)c2)c1C=O. The summed E-state index contributed by atoms with van der Waals surface area (Å²) in [5.41, 5.74) is 1.60. The highest BCUT2D eigenvalue weighted by Crippen LogP contribution is 2.23. The van der Waals surface area contributed by atoms with Gasteiger partial charge in [-0.05, 0) is 19.1 Å². The van der Waals surface area contributed by atoms with Gasteiger partial charge in [-0.1, -0.05) is 17.3 Å². The molecular formula is C11H11N3O2. The molecule has 2 aromatic rings. The largest absolute Gasteiger partial charge is 0.508 e. The summed E-state index contributed by atoms with van der Waals surface area (Å²) < 4.78 is 1.52. The first kappa shape index (κ1) is 10.4. The second-order valence-electron chi connectivity index (χ2n) is 3.31. The zero-order chi connectivity index (χ0) is 11.5. The first-order valence-electron chi connectivity index (χ1n) is 4.94. The van der Waals surface area contributed by atoms with Crippen LogP contribution in [0.15, 0.2) is 24.3 Å². The number of aromatic nitrogens is 3. The average molecular weight is 217 g/mol. The van der Waals surface area contributed by atoms with Crippen molar-refractivity contribution in [3.63, 3.8) is 0 Å². The smallest absolute Gasteiger partial charge is 0.170 e. The Labute approximate surface area is 92.3 Å². The van der Waals surface area contributed by atoms with Gasteiger partial charge in [0.15, 0.2) is 6.29 Å². The minimum Gasteiger partial charge on any atom is -0.508 e. The highest BCUT2D eigenvalue weighted by atomic mass is 16.3. The molecule has 0 fully saturated rings. The van der Waals surface area contributed by atoms with E-state index in [2.05, 4.69) is 10.3 Å². The van der Waals surface area contributed by atoms with E-state index in [9.17, 15) is 9.90 Å². The van der Waals surface area contributed by atoms with Gasteiger partial charge in [-0.15, -0.1) is 5.10 Å². The first-order chi connectivity index (χ1) is 7.76. The third-order valence-electron chi connectivity index (χ3n) is 2.30. The Balaban J connectivity index is 2.55. The van der Waals surface area contributed by atoms with E-state index < -0.39 is 0 Å². The van der Waals surface area contributed by atoms with E-state index in [0.29, 0.717) is 23.5 Å². The zero-order valence-corrected chi connectivity index (χ0v) is 8.79. The second kappa shape index (κ2) is 4.14. The molecule has 0 saturated heterocycles. The molecule has 0 aliphatic rings. The molecule has 82 valence electrons. The molecule has 0 unspecified atom stereocenters. The van der Waals surface area contributed by atoms with Gasteiger partial charge in [-0.25, -0.2) is 4.68 Å². The fraction of sp³-hybridized carbons (Fsp3) is 0.182. The summed E-state index contributed by atoms with van der Waals surface area (Å²) >= 11 is 0. The maximum atomic E-state index is 11.0. The van der Waals surface area contributed by atoms with E-state index in [1.54, 1.807) is 24.3 Å². The number of aldehydes is 1. The van der Waals surface area contributed by atoms with Gasteiger partial charge in [0.1, 0.15) is 17.1 Å². The van der Waals surface area contributed by atoms with Gasteiger partial charge in [-0.2, -0.15) is 0 Å². The summed E-state index contributed by atoms with van der Waals surface area (Å²) in [7, 11) is 0. The fourth-order valence-corrected chi connectivity index (χ4v) is 1.53. The molecule has 0 aliphatic carbocycles. The van der Waals surface area contributed by atoms with Crippen LogP contribution in [0.25, 0.3) is 11.3 Å². The molecule has 5 nitrogen and oxygen atoms in total. The van der Waals surface area contributed by atoms with Gasteiger partial charge in [0.2, 0.25) is 0 Å². The Morgan fingerprint density at radius 3 is 2.94 bits per heavy atom. The van der Waals surface area contributed by atoms with E-state index in [1.165, 1.54) is 4.68 Å². The van der Waals surface area contributed by atoms with Crippen LogP contribution in [0.3, 0.4) is 0 Å². The molecule has 0 amide bonds. The molecule has 1 aromatic carbocycles. The summed E-state index contributed by atoms with van der Waals surface area (Å²) in [6.45, 7) is 2.47. The van der Waals surface area contributed by atoms with Crippen LogP contribution in [0.2, 0.25) is 0 Å². The molecule has 2 rings (SSSR count). The third-order valence-corrected chi connectivity index (χ3v) is 2.30. The number of carbonyl (C=O) groups excluding carboxylic acids is 1. The van der Waals surface area contributed by atoms with Gasteiger partial charge in [-0.3, -0.25) is 4.79 Å². The van der Waals surface area contributed by atoms with Crippen LogP contribution >= 0.6 is 0 Å². The Morgan fingerprint density at radius 2 is 2.31 bits per heavy atom. The molecule has 0 spiro atoms.